The molecule has 39 heavy (non-hydrogen) atoms. The van der Waals surface area contributed by atoms with Gasteiger partial charge in [0.1, 0.15) is 0 Å². The number of benzene rings is 1. The summed E-state index contributed by atoms with van der Waals surface area (Å²) >= 11 is 0. The number of hydrogen-bond donors (Lipinski definition) is 0. The van der Waals surface area contributed by atoms with Crippen molar-refractivity contribution in [1.82, 2.24) is 0 Å². The Morgan fingerprint density at radius 3 is 1.33 bits per heavy atom. The van der Waals surface area contributed by atoms with Crippen LogP contribution in [0.2, 0.25) is 0 Å². The van der Waals surface area contributed by atoms with Crippen LogP contribution >= 0.6 is 0 Å². The lowest BCUT2D eigenvalue weighted by atomic mass is 10.00. The molecule has 0 aromatic heterocycles. The van der Waals surface area contributed by atoms with Crippen molar-refractivity contribution in [2.75, 3.05) is 19.8 Å². The van der Waals surface area contributed by atoms with Crippen LogP contribution in [0.3, 0.4) is 0 Å². The Morgan fingerprint density at radius 2 is 0.949 bits per heavy atom. The maximum Gasteiger partial charge on any atom is 0.339 e. The summed E-state index contributed by atoms with van der Waals surface area (Å²) in [4.78, 5) is 39.2. The van der Waals surface area contributed by atoms with Crippen molar-refractivity contribution < 1.29 is 28.6 Å². The quantitative estimate of drug-likeness (QED) is 0.113. The summed E-state index contributed by atoms with van der Waals surface area (Å²) < 4.78 is 16.9. The Balaban J connectivity index is 3.10. The van der Waals surface area contributed by atoms with Gasteiger partial charge in [-0.25, -0.2) is 14.4 Å². The van der Waals surface area contributed by atoms with Crippen molar-refractivity contribution in [3.63, 3.8) is 0 Å². The Labute approximate surface area is 237 Å². The Hall–Kier alpha value is -2.37. The number of esters is 3. The molecule has 222 valence electrons. The third-order valence-electron chi connectivity index (χ3n) is 7.68. The average Bonchev–Trinajstić information content (AvgIpc) is 2.96. The van der Waals surface area contributed by atoms with Crippen LogP contribution in [0, 0.1) is 17.8 Å². The van der Waals surface area contributed by atoms with Crippen LogP contribution in [0.15, 0.2) is 18.2 Å². The highest BCUT2D eigenvalue weighted by molar-refractivity contribution is 6.05. The molecule has 1 aromatic carbocycles. The van der Waals surface area contributed by atoms with Crippen molar-refractivity contribution >= 4 is 17.9 Å². The van der Waals surface area contributed by atoms with Crippen LogP contribution in [0.5, 0.6) is 0 Å². The van der Waals surface area contributed by atoms with Crippen molar-refractivity contribution in [3.8, 4) is 0 Å². The zero-order valence-electron chi connectivity index (χ0n) is 25.5. The average molecular weight is 547 g/mol. The maximum absolute atomic E-state index is 13.2. The number of unbranched alkanes of at least 4 members (excludes halogenated alkanes) is 3. The number of hydrogen-bond acceptors (Lipinski definition) is 6. The lowest BCUT2D eigenvalue weighted by Crippen LogP contribution is -2.20. The summed E-state index contributed by atoms with van der Waals surface area (Å²) in [7, 11) is 0. The van der Waals surface area contributed by atoms with E-state index in [2.05, 4.69) is 41.5 Å². The molecule has 0 spiro atoms. The molecule has 1 rings (SSSR count). The molecule has 0 aliphatic heterocycles. The van der Waals surface area contributed by atoms with Gasteiger partial charge in [0.25, 0.3) is 0 Å². The highest BCUT2D eigenvalue weighted by atomic mass is 16.5. The minimum atomic E-state index is -0.612. The van der Waals surface area contributed by atoms with E-state index < -0.39 is 17.9 Å². The molecule has 0 fully saturated rings. The largest absolute Gasteiger partial charge is 0.462 e. The summed E-state index contributed by atoms with van der Waals surface area (Å²) in [5.74, 6) is -0.837. The minimum absolute atomic E-state index is 0.0550. The van der Waals surface area contributed by atoms with Crippen molar-refractivity contribution in [3.05, 3.63) is 34.9 Å². The summed E-state index contributed by atoms with van der Waals surface area (Å²) in [6.45, 7) is 13.6. The second-order valence-electron chi connectivity index (χ2n) is 10.8. The summed E-state index contributed by atoms with van der Waals surface area (Å²) in [6, 6.07) is 4.45. The summed E-state index contributed by atoms with van der Waals surface area (Å²) in [6.07, 6.45) is 12.3. The monoisotopic (exact) mass is 546 g/mol. The van der Waals surface area contributed by atoms with Crippen LogP contribution in [-0.4, -0.2) is 37.7 Å². The molecule has 0 saturated carbocycles. The smallest absolute Gasteiger partial charge is 0.339 e. The topological polar surface area (TPSA) is 78.9 Å². The molecule has 0 aliphatic carbocycles. The Kier molecular flexibility index (Phi) is 18.2. The summed E-state index contributed by atoms with van der Waals surface area (Å²) in [5.41, 5.74) is 0.411. The van der Waals surface area contributed by atoms with Gasteiger partial charge < -0.3 is 14.2 Å². The van der Waals surface area contributed by atoms with E-state index in [0.29, 0.717) is 19.1 Å². The molecular formula is C33H54O6. The predicted molar refractivity (Wildman–Crippen MR) is 157 cm³/mol. The van der Waals surface area contributed by atoms with E-state index in [-0.39, 0.29) is 35.1 Å². The van der Waals surface area contributed by atoms with Gasteiger partial charge in [0.15, 0.2) is 0 Å². The van der Waals surface area contributed by atoms with Gasteiger partial charge in [-0.3, -0.25) is 0 Å². The molecule has 1 aromatic rings. The third-order valence-corrected chi connectivity index (χ3v) is 7.68. The fourth-order valence-corrected chi connectivity index (χ4v) is 4.53. The van der Waals surface area contributed by atoms with Crippen molar-refractivity contribution in [2.45, 2.75) is 119 Å². The third kappa shape index (κ3) is 13.0. The normalized spacial score (nSPS) is 13.4. The lowest BCUT2D eigenvalue weighted by molar-refractivity contribution is 0.0379. The zero-order chi connectivity index (χ0) is 29.0. The van der Waals surface area contributed by atoms with Crippen LogP contribution in [0.4, 0.5) is 0 Å². The van der Waals surface area contributed by atoms with Crippen molar-refractivity contribution in [2.24, 2.45) is 17.8 Å². The molecule has 0 radical (unpaired) electrons. The number of carbonyl (C=O) groups is 3. The molecule has 0 aliphatic rings. The fourth-order valence-electron chi connectivity index (χ4n) is 4.53. The van der Waals surface area contributed by atoms with Gasteiger partial charge in [-0.05, 0) is 55.2 Å². The molecular weight excluding hydrogens is 492 g/mol. The van der Waals surface area contributed by atoms with Crippen LogP contribution < -0.4 is 0 Å². The first-order valence-corrected chi connectivity index (χ1v) is 15.5. The minimum Gasteiger partial charge on any atom is -0.462 e. The Morgan fingerprint density at radius 1 is 0.564 bits per heavy atom. The van der Waals surface area contributed by atoms with Crippen molar-refractivity contribution in [1.29, 1.82) is 0 Å². The molecule has 0 heterocycles. The molecule has 0 saturated heterocycles. The van der Waals surface area contributed by atoms with Gasteiger partial charge in [0.05, 0.1) is 36.5 Å². The van der Waals surface area contributed by atoms with E-state index in [0.717, 1.165) is 77.0 Å². The zero-order valence-corrected chi connectivity index (χ0v) is 25.5. The molecule has 6 heteroatoms. The number of carbonyl (C=O) groups excluding carboxylic acids is 3. The maximum atomic E-state index is 13.2. The second-order valence-corrected chi connectivity index (χ2v) is 10.8. The van der Waals surface area contributed by atoms with E-state index >= 15 is 0 Å². The highest BCUT2D eigenvalue weighted by Gasteiger charge is 2.24. The van der Waals surface area contributed by atoms with Gasteiger partial charge in [0, 0.05) is 0 Å². The fraction of sp³-hybridized carbons (Fsp3) is 0.727. The van der Waals surface area contributed by atoms with Gasteiger partial charge in [-0.2, -0.15) is 0 Å². The van der Waals surface area contributed by atoms with E-state index in [1.54, 1.807) is 0 Å². The van der Waals surface area contributed by atoms with Crippen LogP contribution in [0.1, 0.15) is 150 Å². The standard InChI is InChI=1S/C33H54O6/c1-7-13-16-25(10-4)22-37-31(34)28-19-20-29(32(35)38-23-26(11-5)17-14-8-2)30(21-28)33(36)39-24-27(12-6)18-15-9-3/h19-21,25-27H,7-18,22-24H2,1-6H3/t25-,26-,27-/m1/s1. The van der Waals surface area contributed by atoms with Gasteiger partial charge in [0.2, 0.25) is 0 Å². The molecule has 3 atom stereocenters. The van der Waals surface area contributed by atoms with E-state index in [1.807, 2.05) is 0 Å². The lowest BCUT2D eigenvalue weighted by Gasteiger charge is -2.18. The van der Waals surface area contributed by atoms with Crippen LogP contribution in [0.25, 0.3) is 0 Å². The van der Waals surface area contributed by atoms with E-state index in [1.165, 1.54) is 18.2 Å². The first-order chi connectivity index (χ1) is 18.8. The van der Waals surface area contributed by atoms with Gasteiger partial charge in [-0.1, -0.05) is 99.3 Å². The first-order valence-electron chi connectivity index (χ1n) is 15.5. The highest BCUT2D eigenvalue weighted by Crippen LogP contribution is 2.21. The van der Waals surface area contributed by atoms with E-state index in [9.17, 15) is 14.4 Å². The van der Waals surface area contributed by atoms with Gasteiger partial charge in [-0.15, -0.1) is 0 Å². The van der Waals surface area contributed by atoms with Crippen LogP contribution in [-0.2, 0) is 14.2 Å². The number of rotatable bonds is 21. The summed E-state index contributed by atoms with van der Waals surface area (Å²) in [5, 5.41) is 0. The van der Waals surface area contributed by atoms with E-state index in [4.69, 9.17) is 14.2 Å². The molecule has 6 nitrogen and oxygen atoms in total. The Bertz CT molecular complexity index is 849. The molecule has 0 bridgehead atoms. The number of ether oxygens (including phenoxy) is 3. The second kappa shape index (κ2) is 20.5. The molecule has 0 unspecified atom stereocenters. The molecule has 0 amide bonds. The van der Waals surface area contributed by atoms with Gasteiger partial charge >= 0.3 is 17.9 Å². The first kappa shape index (κ1) is 34.7. The molecule has 0 N–H and O–H groups in total. The SMILES string of the molecule is CCCC[C@@H](CC)COC(=O)c1ccc(C(=O)OC[C@H](CC)CCCC)c(C(=O)OC[C@H](CC)CCCC)c1. The predicted octanol–water partition coefficient (Wildman–Crippen LogP) is 8.81.